The molecule has 0 unspecified atom stereocenters. The van der Waals surface area contributed by atoms with Crippen LogP contribution in [0.15, 0.2) is 52.4 Å². The van der Waals surface area contributed by atoms with Gasteiger partial charge in [0.25, 0.3) is 0 Å². The summed E-state index contributed by atoms with van der Waals surface area (Å²) < 4.78 is 5.33. The summed E-state index contributed by atoms with van der Waals surface area (Å²) in [6.07, 6.45) is 0.456. The number of hydrogen-bond acceptors (Lipinski definition) is 6. The molecular formula is C19H17N3O3S. The standard InChI is InChI=1S/C19H17N3O3S/c23-15(13-5-2-1-3-6-13)8-9-17(24)22-11-14(12-22)19-20-18(21-25-19)16-7-4-10-26-16/h1-7,10,14H,8-9,11-12H2. The van der Waals surface area contributed by atoms with Crippen LogP contribution in [-0.4, -0.2) is 39.8 Å². The summed E-state index contributed by atoms with van der Waals surface area (Å²) in [6.45, 7) is 1.12. The molecule has 132 valence electrons. The van der Waals surface area contributed by atoms with E-state index in [0.717, 1.165) is 4.88 Å². The Morgan fingerprint density at radius 2 is 1.92 bits per heavy atom. The molecule has 0 atom stereocenters. The van der Waals surface area contributed by atoms with E-state index in [9.17, 15) is 9.59 Å². The zero-order valence-electron chi connectivity index (χ0n) is 14.0. The second-order valence-corrected chi connectivity index (χ2v) is 7.17. The molecule has 1 fully saturated rings. The summed E-state index contributed by atoms with van der Waals surface area (Å²) in [6, 6.07) is 12.9. The van der Waals surface area contributed by atoms with Crippen molar-refractivity contribution < 1.29 is 14.1 Å². The average molecular weight is 367 g/mol. The molecule has 6 nitrogen and oxygen atoms in total. The lowest BCUT2D eigenvalue weighted by molar-refractivity contribution is -0.135. The Morgan fingerprint density at radius 3 is 2.65 bits per heavy atom. The van der Waals surface area contributed by atoms with E-state index in [4.69, 9.17) is 4.52 Å². The molecule has 26 heavy (non-hydrogen) atoms. The van der Waals surface area contributed by atoms with Crippen LogP contribution >= 0.6 is 11.3 Å². The first-order valence-corrected chi connectivity index (χ1v) is 9.32. The second kappa shape index (κ2) is 7.21. The van der Waals surface area contributed by atoms with Gasteiger partial charge >= 0.3 is 0 Å². The fourth-order valence-electron chi connectivity index (χ4n) is 2.89. The number of ketones is 1. The Labute approximate surface area is 154 Å². The third-order valence-corrected chi connectivity index (χ3v) is 5.29. The predicted molar refractivity (Wildman–Crippen MR) is 96.9 cm³/mol. The predicted octanol–water partition coefficient (Wildman–Crippen LogP) is 3.39. The zero-order valence-corrected chi connectivity index (χ0v) is 14.8. The van der Waals surface area contributed by atoms with Crippen molar-refractivity contribution in [2.75, 3.05) is 13.1 Å². The van der Waals surface area contributed by atoms with E-state index in [1.165, 1.54) is 0 Å². The van der Waals surface area contributed by atoms with Gasteiger partial charge in [0.05, 0.1) is 10.8 Å². The van der Waals surface area contributed by atoms with Crippen molar-refractivity contribution in [1.29, 1.82) is 0 Å². The molecule has 1 aliphatic heterocycles. The van der Waals surface area contributed by atoms with Gasteiger partial charge in [-0.05, 0) is 11.4 Å². The van der Waals surface area contributed by atoms with Crippen LogP contribution in [0, 0.1) is 0 Å². The SMILES string of the molecule is O=C(CCC(=O)N1CC(c2nc(-c3cccs3)no2)C1)c1ccccc1. The Kier molecular flexibility index (Phi) is 4.62. The molecule has 1 saturated heterocycles. The number of Topliss-reactive ketones (excluding diaryl/α,β-unsaturated/α-hetero) is 1. The monoisotopic (exact) mass is 367 g/mol. The first-order valence-electron chi connectivity index (χ1n) is 8.44. The molecule has 3 heterocycles. The van der Waals surface area contributed by atoms with Gasteiger partial charge in [-0.15, -0.1) is 11.3 Å². The number of carbonyl (C=O) groups is 2. The first-order chi connectivity index (χ1) is 12.7. The Bertz CT molecular complexity index is 899. The van der Waals surface area contributed by atoms with Gasteiger partial charge in [0.1, 0.15) is 0 Å². The van der Waals surface area contributed by atoms with Gasteiger partial charge in [-0.3, -0.25) is 9.59 Å². The van der Waals surface area contributed by atoms with Gasteiger partial charge in [-0.2, -0.15) is 4.98 Å². The van der Waals surface area contributed by atoms with Gasteiger partial charge in [0, 0.05) is 31.5 Å². The molecule has 7 heteroatoms. The molecule has 2 aromatic heterocycles. The van der Waals surface area contributed by atoms with Crippen molar-refractivity contribution >= 4 is 23.0 Å². The largest absolute Gasteiger partial charge is 0.341 e. The lowest BCUT2D eigenvalue weighted by Crippen LogP contribution is -2.48. The summed E-state index contributed by atoms with van der Waals surface area (Å²) >= 11 is 1.56. The van der Waals surface area contributed by atoms with Gasteiger partial charge < -0.3 is 9.42 Å². The van der Waals surface area contributed by atoms with E-state index in [-0.39, 0.29) is 30.4 Å². The lowest BCUT2D eigenvalue weighted by Gasteiger charge is -2.37. The van der Waals surface area contributed by atoms with Crippen molar-refractivity contribution in [2.45, 2.75) is 18.8 Å². The quantitative estimate of drug-likeness (QED) is 0.624. The number of carbonyl (C=O) groups excluding carboxylic acids is 2. The molecule has 1 aliphatic rings. The fourth-order valence-corrected chi connectivity index (χ4v) is 3.54. The first kappa shape index (κ1) is 16.7. The summed E-state index contributed by atoms with van der Waals surface area (Å²) in [5.74, 6) is 1.22. The molecular weight excluding hydrogens is 350 g/mol. The van der Waals surface area contributed by atoms with Crippen LogP contribution in [0.3, 0.4) is 0 Å². The van der Waals surface area contributed by atoms with E-state index in [1.807, 2.05) is 35.7 Å². The summed E-state index contributed by atoms with van der Waals surface area (Å²) in [5.41, 5.74) is 0.647. The number of rotatable bonds is 6. The maximum atomic E-state index is 12.2. The maximum absolute atomic E-state index is 12.2. The van der Waals surface area contributed by atoms with Gasteiger partial charge in [0.15, 0.2) is 5.78 Å². The van der Waals surface area contributed by atoms with Crippen LogP contribution in [0.25, 0.3) is 10.7 Å². The van der Waals surface area contributed by atoms with Gasteiger partial charge in [0.2, 0.25) is 17.6 Å². The van der Waals surface area contributed by atoms with Gasteiger partial charge in [-0.25, -0.2) is 0 Å². The minimum Gasteiger partial charge on any atom is -0.341 e. The van der Waals surface area contributed by atoms with E-state index in [1.54, 1.807) is 28.4 Å². The number of nitrogens with zero attached hydrogens (tertiary/aromatic N) is 3. The van der Waals surface area contributed by atoms with Crippen molar-refractivity contribution in [3.05, 3.63) is 59.3 Å². The summed E-state index contributed by atoms with van der Waals surface area (Å²) in [4.78, 5) is 31.4. The number of thiophene rings is 1. The number of aromatic nitrogens is 2. The lowest BCUT2D eigenvalue weighted by atomic mass is 9.98. The summed E-state index contributed by atoms with van der Waals surface area (Å²) in [7, 11) is 0. The molecule has 0 N–H and O–H groups in total. The average Bonchev–Trinajstić information content (AvgIpc) is 3.30. The molecule has 0 saturated carbocycles. The second-order valence-electron chi connectivity index (χ2n) is 6.22. The van der Waals surface area contributed by atoms with E-state index < -0.39 is 0 Å². The number of benzene rings is 1. The van der Waals surface area contributed by atoms with Crippen molar-refractivity contribution in [1.82, 2.24) is 15.0 Å². The molecule has 0 spiro atoms. The number of likely N-dealkylation sites (tertiary alicyclic amines) is 1. The van der Waals surface area contributed by atoms with Crippen molar-refractivity contribution in [2.24, 2.45) is 0 Å². The van der Waals surface area contributed by atoms with Crippen LogP contribution in [0.2, 0.25) is 0 Å². The molecule has 0 radical (unpaired) electrons. The highest BCUT2D eigenvalue weighted by Gasteiger charge is 2.35. The maximum Gasteiger partial charge on any atom is 0.233 e. The Balaban J connectivity index is 1.27. The van der Waals surface area contributed by atoms with E-state index in [2.05, 4.69) is 10.1 Å². The van der Waals surface area contributed by atoms with Crippen molar-refractivity contribution in [3.63, 3.8) is 0 Å². The molecule has 0 bridgehead atoms. The smallest absolute Gasteiger partial charge is 0.233 e. The topological polar surface area (TPSA) is 76.3 Å². The molecule has 0 aliphatic carbocycles. The zero-order chi connectivity index (χ0) is 17.9. The summed E-state index contributed by atoms with van der Waals surface area (Å²) in [5, 5.41) is 5.96. The highest BCUT2D eigenvalue weighted by molar-refractivity contribution is 7.13. The molecule has 1 aromatic carbocycles. The van der Waals surface area contributed by atoms with Crippen LogP contribution < -0.4 is 0 Å². The van der Waals surface area contributed by atoms with Gasteiger partial charge in [-0.1, -0.05) is 41.6 Å². The third kappa shape index (κ3) is 3.43. The minimum absolute atomic E-state index is 0.00601. The highest BCUT2D eigenvalue weighted by Crippen LogP contribution is 2.29. The number of amides is 1. The van der Waals surface area contributed by atoms with Crippen LogP contribution in [-0.2, 0) is 4.79 Å². The normalized spacial score (nSPS) is 14.2. The highest BCUT2D eigenvalue weighted by atomic mass is 32.1. The third-order valence-electron chi connectivity index (χ3n) is 4.43. The van der Waals surface area contributed by atoms with Crippen LogP contribution in [0.5, 0.6) is 0 Å². The number of hydrogen-bond donors (Lipinski definition) is 0. The Morgan fingerprint density at radius 1 is 1.12 bits per heavy atom. The Hall–Kier alpha value is -2.80. The molecule has 3 aromatic rings. The fraction of sp³-hybridized carbons (Fsp3) is 0.263. The van der Waals surface area contributed by atoms with Crippen molar-refractivity contribution in [3.8, 4) is 10.7 Å². The van der Waals surface area contributed by atoms with Crippen LogP contribution in [0.4, 0.5) is 0 Å². The van der Waals surface area contributed by atoms with E-state index >= 15 is 0 Å². The van der Waals surface area contributed by atoms with Crippen LogP contribution in [0.1, 0.15) is 35.0 Å². The molecule has 4 rings (SSSR count). The minimum atomic E-state index is -0.0106. The molecule has 1 amide bonds. The van der Waals surface area contributed by atoms with E-state index in [0.29, 0.717) is 30.4 Å².